The van der Waals surface area contributed by atoms with Crippen LogP contribution in [0.3, 0.4) is 0 Å². The first-order valence-electron chi connectivity index (χ1n) is 10.8. The zero-order valence-corrected chi connectivity index (χ0v) is 18.4. The summed E-state index contributed by atoms with van der Waals surface area (Å²) in [6.07, 6.45) is 3.86. The van der Waals surface area contributed by atoms with E-state index in [1.54, 1.807) is 30.9 Å². The second-order valence-electron chi connectivity index (χ2n) is 8.58. The van der Waals surface area contributed by atoms with Gasteiger partial charge in [0.05, 0.1) is 0 Å². The molecule has 0 saturated heterocycles. The lowest BCUT2D eigenvalue weighted by Crippen LogP contribution is -2.35. The molecule has 30 heavy (non-hydrogen) atoms. The fourth-order valence-corrected chi connectivity index (χ4v) is 4.48. The molecule has 1 aliphatic carbocycles. The smallest absolute Gasteiger partial charge is 0.229 e. The number of ketones is 2. The second-order valence-corrected chi connectivity index (χ2v) is 8.58. The first-order valence-corrected chi connectivity index (χ1v) is 10.8. The quantitative estimate of drug-likeness (QED) is 0.582. The van der Waals surface area contributed by atoms with E-state index in [0.29, 0.717) is 17.4 Å². The summed E-state index contributed by atoms with van der Waals surface area (Å²) in [7, 11) is 1.82. The molecule has 1 fully saturated rings. The van der Waals surface area contributed by atoms with Gasteiger partial charge in [-0.05, 0) is 81.2 Å². The SMILES string of the molecule is CC(=O)c1ccc(C(C)C2CCC(C(=O)N(C)c3ccc(C(C)=O)cc3)CC2)cc1. The minimum atomic E-state index is 0.0268. The Morgan fingerprint density at radius 3 is 1.73 bits per heavy atom. The lowest BCUT2D eigenvalue weighted by atomic mass is 9.74. The maximum atomic E-state index is 13.0. The molecule has 1 atom stereocenters. The van der Waals surface area contributed by atoms with Gasteiger partial charge in [-0.1, -0.05) is 31.2 Å². The van der Waals surface area contributed by atoms with Gasteiger partial charge in [-0.2, -0.15) is 0 Å². The number of rotatable bonds is 6. The van der Waals surface area contributed by atoms with E-state index in [1.807, 2.05) is 31.3 Å². The van der Waals surface area contributed by atoms with Gasteiger partial charge in [0.1, 0.15) is 0 Å². The molecule has 1 saturated carbocycles. The van der Waals surface area contributed by atoms with Crippen molar-refractivity contribution in [3.05, 3.63) is 65.2 Å². The molecule has 4 nitrogen and oxygen atoms in total. The minimum absolute atomic E-state index is 0.0268. The molecule has 3 rings (SSSR count). The average molecular weight is 406 g/mol. The van der Waals surface area contributed by atoms with Gasteiger partial charge in [0.25, 0.3) is 0 Å². The topological polar surface area (TPSA) is 54.5 Å². The maximum absolute atomic E-state index is 13.0. The zero-order valence-electron chi connectivity index (χ0n) is 18.4. The highest BCUT2D eigenvalue weighted by molar-refractivity contribution is 5.97. The molecule has 2 aromatic carbocycles. The Hall–Kier alpha value is -2.75. The normalized spacial score (nSPS) is 19.7. The third kappa shape index (κ3) is 4.86. The van der Waals surface area contributed by atoms with Gasteiger partial charge in [0.15, 0.2) is 11.6 Å². The highest BCUT2D eigenvalue weighted by Crippen LogP contribution is 2.39. The van der Waals surface area contributed by atoms with Gasteiger partial charge in [-0.15, -0.1) is 0 Å². The van der Waals surface area contributed by atoms with Crippen molar-refractivity contribution >= 4 is 23.2 Å². The van der Waals surface area contributed by atoms with Gasteiger partial charge < -0.3 is 4.90 Å². The predicted octanol–water partition coefficient (Wildman–Crippen LogP) is 5.66. The summed E-state index contributed by atoms with van der Waals surface area (Å²) in [5, 5.41) is 0. The highest BCUT2D eigenvalue weighted by atomic mass is 16.2. The van der Waals surface area contributed by atoms with Crippen LogP contribution in [0.1, 0.15) is 78.7 Å². The van der Waals surface area contributed by atoms with Crippen molar-refractivity contribution in [2.45, 2.75) is 52.4 Å². The Labute approximate surface area is 179 Å². The number of amides is 1. The Bertz CT molecular complexity index is 906. The van der Waals surface area contributed by atoms with Crippen molar-refractivity contribution in [3.8, 4) is 0 Å². The number of anilines is 1. The molecule has 0 aliphatic heterocycles. The van der Waals surface area contributed by atoms with Crippen LogP contribution in [-0.4, -0.2) is 24.5 Å². The summed E-state index contributed by atoms with van der Waals surface area (Å²) in [5.74, 6) is 1.29. The molecule has 0 bridgehead atoms. The highest BCUT2D eigenvalue weighted by Gasteiger charge is 2.31. The zero-order chi connectivity index (χ0) is 21.8. The number of hydrogen-bond donors (Lipinski definition) is 0. The average Bonchev–Trinajstić information content (AvgIpc) is 2.77. The van der Waals surface area contributed by atoms with Crippen LogP contribution in [0.15, 0.2) is 48.5 Å². The third-order valence-corrected chi connectivity index (χ3v) is 6.66. The van der Waals surface area contributed by atoms with Crippen LogP contribution in [0.4, 0.5) is 5.69 Å². The number of benzene rings is 2. The van der Waals surface area contributed by atoms with Crippen molar-refractivity contribution in [1.82, 2.24) is 0 Å². The Morgan fingerprint density at radius 1 is 0.800 bits per heavy atom. The first-order chi connectivity index (χ1) is 14.3. The van der Waals surface area contributed by atoms with Gasteiger partial charge >= 0.3 is 0 Å². The Kier molecular flexibility index (Phi) is 6.86. The molecule has 4 heteroatoms. The van der Waals surface area contributed by atoms with Crippen LogP contribution in [-0.2, 0) is 4.79 Å². The van der Waals surface area contributed by atoms with E-state index in [2.05, 4.69) is 19.1 Å². The Balaban J connectivity index is 1.58. The molecule has 158 valence electrons. The van der Waals surface area contributed by atoms with E-state index >= 15 is 0 Å². The summed E-state index contributed by atoms with van der Waals surface area (Å²) >= 11 is 0. The number of Topliss-reactive ketones (excluding diaryl/α,β-unsaturated/α-hetero) is 2. The number of carbonyl (C=O) groups excluding carboxylic acids is 3. The fourth-order valence-electron chi connectivity index (χ4n) is 4.48. The largest absolute Gasteiger partial charge is 0.315 e. The summed E-state index contributed by atoms with van der Waals surface area (Å²) in [4.78, 5) is 37.6. The lowest BCUT2D eigenvalue weighted by molar-refractivity contribution is -0.123. The molecule has 0 aromatic heterocycles. The van der Waals surface area contributed by atoms with Crippen molar-refractivity contribution < 1.29 is 14.4 Å². The third-order valence-electron chi connectivity index (χ3n) is 6.66. The van der Waals surface area contributed by atoms with E-state index in [9.17, 15) is 14.4 Å². The van der Waals surface area contributed by atoms with Gasteiger partial charge in [-0.3, -0.25) is 14.4 Å². The lowest BCUT2D eigenvalue weighted by Gasteiger charge is -2.33. The summed E-state index contributed by atoms with van der Waals surface area (Å²) in [6, 6.07) is 15.2. The maximum Gasteiger partial charge on any atom is 0.229 e. The van der Waals surface area contributed by atoms with Crippen molar-refractivity contribution in [2.24, 2.45) is 11.8 Å². The van der Waals surface area contributed by atoms with Crippen molar-refractivity contribution in [2.75, 3.05) is 11.9 Å². The molecule has 0 heterocycles. The van der Waals surface area contributed by atoms with Gasteiger partial charge in [-0.25, -0.2) is 0 Å². The van der Waals surface area contributed by atoms with E-state index in [-0.39, 0.29) is 23.4 Å². The molecule has 1 amide bonds. The predicted molar refractivity (Wildman–Crippen MR) is 120 cm³/mol. The van der Waals surface area contributed by atoms with E-state index in [1.165, 1.54) is 5.56 Å². The summed E-state index contributed by atoms with van der Waals surface area (Å²) in [6.45, 7) is 5.38. The fraction of sp³-hybridized carbons (Fsp3) is 0.423. The molecule has 0 radical (unpaired) electrons. The second kappa shape index (κ2) is 9.38. The molecular formula is C26H31NO3. The summed E-state index contributed by atoms with van der Waals surface area (Å²) < 4.78 is 0. The standard InChI is InChI=1S/C26H31NO3/c1-17(20-5-9-22(10-6-20)18(2)28)21-7-11-24(12-8-21)26(30)27(4)25-15-13-23(14-16-25)19(3)29/h5-6,9-10,13-17,21,24H,7-8,11-12H2,1-4H3. The van der Waals surface area contributed by atoms with E-state index in [4.69, 9.17) is 0 Å². The molecule has 2 aromatic rings. The molecular weight excluding hydrogens is 374 g/mol. The van der Waals surface area contributed by atoms with Crippen LogP contribution >= 0.6 is 0 Å². The molecule has 1 aliphatic rings. The Morgan fingerprint density at radius 2 is 1.27 bits per heavy atom. The molecule has 1 unspecified atom stereocenters. The van der Waals surface area contributed by atoms with Crippen molar-refractivity contribution in [3.63, 3.8) is 0 Å². The van der Waals surface area contributed by atoms with Gasteiger partial charge in [0, 0.05) is 29.8 Å². The van der Waals surface area contributed by atoms with Crippen LogP contribution in [0, 0.1) is 11.8 Å². The van der Waals surface area contributed by atoms with Crippen LogP contribution < -0.4 is 4.90 Å². The first kappa shape index (κ1) is 21.9. The van der Waals surface area contributed by atoms with Crippen LogP contribution in [0.25, 0.3) is 0 Å². The van der Waals surface area contributed by atoms with E-state index in [0.717, 1.165) is 36.9 Å². The minimum Gasteiger partial charge on any atom is -0.315 e. The van der Waals surface area contributed by atoms with Crippen LogP contribution in [0.5, 0.6) is 0 Å². The van der Waals surface area contributed by atoms with Crippen LogP contribution in [0.2, 0.25) is 0 Å². The number of nitrogens with zero attached hydrogens (tertiary/aromatic N) is 1. The van der Waals surface area contributed by atoms with Gasteiger partial charge in [0.2, 0.25) is 5.91 Å². The summed E-state index contributed by atoms with van der Waals surface area (Å²) in [5.41, 5.74) is 3.49. The number of hydrogen-bond acceptors (Lipinski definition) is 3. The molecule has 0 spiro atoms. The monoisotopic (exact) mass is 405 g/mol. The van der Waals surface area contributed by atoms with Crippen molar-refractivity contribution in [1.29, 1.82) is 0 Å². The number of carbonyl (C=O) groups is 3. The molecule has 0 N–H and O–H groups in total. The van der Waals surface area contributed by atoms with E-state index < -0.39 is 0 Å².